The van der Waals surface area contributed by atoms with E-state index in [0.717, 1.165) is 4.47 Å². The molecule has 0 aliphatic rings. The summed E-state index contributed by atoms with van der Waals surface area (Å²) in [7, 11) is 0. The molecule has 0 saturated heterocycles. The van der Waals surface area contributed by atoms with E-state index in [9.17, 15) is 14.4 Å². The van der Waals surface area contributed by atoms with Crippen molar-refractivity contribution < 1.29 is 28.3 Å². The zero-order chi connectivity index (χ0) is 25.9. The average Bonchev–Trinajstić information content (AvgIpc) is 3.37. The number of ether oxygens (including phenoxy) is 2. The molecule has 3 amide bonds. The molecule has 188 valence electrons. The van der Waals surface area contributed by atoms with E-state index in [4.69, 9.17) is 13.9 Å². The summed E-state index contributed by atoms with van der Waals surface area (Å²) < 4.78 is 18.1. The average molecular weight is 669 g/mol. The predicted octanol–water partition coefficient (Wildman–Crippen LogP) is 3.83. The summed E-state index contributed by atoms with van der Waals surface area (Å²) in [6, 6.07) is 13.9. The number of furan rings is 1. The van der Waals surface area contributed by atoms with E-state index in [2.05, 4.69) is 59.7 Å². The van der Waals surface area contributed by atoms with Gasteiger partial charge >= 0.3 is 11.8 Å². The summed E-state index contributed by atoms with van der Waals surface area (Å²) in [5, 5.41) is 9.02. The molecule has 3 N–H and O–H groups in total. The molecule has 3 aromatic rings. The van der Waals surface area contributed by atoms with Crippen molar-refractivity contribution in [3.05, 3.63) is 74.2 Å². The Morgan fingerprint density at radius 3 is 2.58 bits per heavy atom. The fourth-order valence-electron chi connectivity index (χ4n) is 2.81. The summed E-state index contributed by atoms with van der Waals surface area (Å²) in [4.78, 5) is 36.1. The van der Waals surface area contributed by atoms with Crippen molar-refractivity contribution in [2.45, 2.75) is 13.5 Å². The van der Waals surface area contributed by atoms with Crippen molar-refractivity contribution in [2.75, 3.05) is 18.5 Å². The lowest BCUT2D eigenvalue weighted by Gasteiger charge is -2.14. The molecule has 0 radical (unpaired) electrons. The molecule has 3 rings (SSSR count). The lowest BCUT2D eigenvalue weighted by molar-refractivity contribution is -0.139. The number of hydrogen-bond acceptors (Lipinski definition) is 7. The molecule has 12 heteroatoms. The highest BCUT2D eigenvalue weighted by Crippen LogP contribution is 2.34. The van der Waals surface area contributed by atoms with Gasteiger partial charge in [-0.2, -0.15) is 5.10 Å². The van der Waals surface area contributed by atoms with E-state index in [1.165, 1.54) is 12.5 Å². The normalized spacial score (nSPS) is 10.6. The third kappa shape index (κ3) is 8.37. The first-order valence-electron chi connectivity index (χ1n) is 10.6. The van der Waals surface area contributed by atoms with Crippen molar-refractivity contribution in [1.82, 2.24) is 10.7 Å². The number of nitrogens with zero attached hydrogens (tertiary/aromatic N) is 1. The zero-order valence-corrected chi connectivity index (χ0v) is 22.8. The second-order valence-corrected chi connectivity index (χ2v) is 9.15. The van der Waals surface area contributed by atoms with Gasteiger partial charge in [0.2, 0.25) is 0 Å². The van der Waals surface area contributed by atoms with Crippen LogP contribution < -0.4 is 25.5 Å². The molecule has 0 fully saturated rings. The first kappa shape index (κ1) is 27.2. The predicted molar refractivity (Wildman–Crippen MR) is 145 cm³/mol. The fraction of sp³-hybridized carbons (Fsp3) is 0.167. The summed E-state index contributed by atoms with van der Waals surface area (Å²) in [6.07, 6.45) is 2.84. The smallest absolute Gasteiger partial charge is 0.329 e. The van der Waals surface area contributed by atoms with Crippen LogP contribution in [0.4, 0.5) is 5.69 Å². The van der Waals surface area contributed by atoms with Gasteiger partial charge in [0.15, 0.2) is 18.1 Å². The Bertz CT molecular complexity index is 1230. The van der Waals surface area contributed by atoms with Crippen LogP contribution in [0.2, 0.25) is 0 Å². The van der Waals surface area contributed by atoms with Gasteiger partial charge in [0, 0.05) is 10.2 Å². The first-order chi connectivity index (χ1) is 17.4. The van der Waals surface area contributed by atoms with Gasteiger partial charge in [-0.05, 0) is 83.6 Å². The minimum atomic E-state index is -0.922. The van der Waals surface area contributed by atoms with Gasteiger partial charge in [0.25, 0.3) is 5.91 Å². The highest BCUT2D eigenvalue weighted by atomic mass is 127. The largest absolute Gasteiger partial charge is 0.490 e. The van der Waals surface area contributed by atoms with Gasteiger partial charge in [-0.15, -0.1) is 0 Å². The van der Waals surface area contributed by atoms with Crippen LogP contribution in [0.3, 0.4) is 0 Å². The first-order valence-corrected chi connectivity index (χ1v) is 12.5. The number of anilines is 1. The van der Waals surface area contributed by atoms with Gasteiger partial charge < -0.3 is 24.5 Å². The van der Waals surface area contributed by atoms with E-state index in [1.54, 1.807) is 36.4 Å². The van der Waals surface area contributed by atoms with Crippen LogP contribution in [0.1, 0.15) is 18.2 Å². The van der Waals surface area contributed by atoms with Crippen LogP contribution in [0.25, 0.3) is 0 Å². The van der Waals surface area contributed by atoms with Gasteiger partial charge in [-0.3, -0.25) is 14.4 Å². The van der Waals surface area contributed by atoms with E-state index in [0.29, 0.717) is 38.7 Å². The maximum Gasteiger partial charge on any atom is 0.329 e. The third-order valence-corrected chi connectivity index (χ3v) is 5.73. The zero-order valence-electron chi connectivity index (χ0n) is 19.0. The minimum Gasteiger partial charge on any atom is -0.490 e. The van der Waals surface area contributed by atoms with E-state index < -0.39 is 11.8 Å². The highest BCUT2D eigenvalue weighted by molar-refractivity contribution is 14.1. The molecule has 36 heavy (non-hydrogen) atoms. The quantitative estimate of drug-likeness (QED) is 0.130. The van der Waals surface area contributed by atoms with E-state index >= 15 is 0 Å². The number of halogens is 2. The molecule has 0 aliphatic carbocycles. The van der Waals surface area contributed by atoms with Gasteiger partial charge in [-0.25, -0.2) is 5.43 Å². The SMILES string of the molecule is CCOc1cc(/C=N\NC(=O)C(=O)NCc2ccco2)cc(I)c1OCC(=O)Nc1ccc(Br)cc1. The lowest BCUT2D eigenvalue weighted by atomic mass is 10.2. The molecule has 2 aromatic carbocycles. The molecule has 0 spiro atoms. The minimum absolute atomic E-state index is 0.0848. The Balaban J connectivity index is 1.57. The Hall–Kier alpha value is -3.39. The molecule has 1 heterocycles. The lowest BCUT2D eigenvalue weighted by Crippen LogP contribution is -2.37. The molecule has 0 bridgehead atoms. The number of hydrogen-bond donors (Lipinski definition) is 3. The number of hydrazone groups is 1. The van der Waals surface area contributed by atoms with E-state index in [1.807, 2.05) is 19.1 Å². The standard InChI is InChI=1S/C24H22BrIN4O6/c1-2-34-20-11-15(12-28-30-24(33)23(32)27-13-18-4-3-9-35-18)10-19(26)22(20)36-14-21(31)29-17-7-5-16(25)6-8-17/h3-12H,2,13-14H2,1H3,(H,27,32)(H,29,31)(H,30,33)/b28-12-. The molecule has 10 nitrogen and oxygen atoms in total. The van der Waals surface area contributed by atoms with Crippen LogP contribution >= 0.6 is 38.5 Å². The fourth-order valence-corrected chi connectivity index (χ4v) is 3.86. The van der Waals surface area contributed by atoms with Crippen LogP contribution in [0.5, 0.6) is 11.5 Å². The molecule has 0 atom stereocenters. The molecule has 0 aliphatic heterocycles. The van der Waals surface area contributed by atoms with Gasteiger partial charge in [-0.1, -0.05) is 15.9 Å². The number of carbonyl (C=O) groups is 3. The van der Waals surface area contributed by atoms with Crippen LogP contribution in [-0.4, -0.2) is 37.1 Å². The van der Waals surface area contributed by atoms with Crippen LogP contribution in [-0.2, 0) is 20.9 Å². The summed E-state index contributed by atoms with van der Waals surface area (Å²) in [5.74, 6) is -0.765. The second-order valence-electron chi connectivity index (χ2n) is 7.07. The van der Waals surface area contributed by atoms with E-state index in [-0.39, 0.29) is 19.1 Å². The number of carbonyl (C=O) groups excluding carboxylic acids is 3. The Morgan fingerprint density at radius 1 is 1.11 bits per heavy atom. The van der Waals surface area contributed by atoms with Crippen molar-refractivity contribution in [3.8, 4) is 11.5 Å². The maximum absolute atomic E-state index is 12.3. The van der Waals surface area contributed by atoms with Crippen molar-refractivity contribution in [1.29, 1.82) is 0 Å². The van der Waals surface area contributed by atoms with Gasteiger partial charge in [0.1, 0.15) is 5.76 Å². The third-order valence-electron chi connectivity index (χ3n) is 4.40. The van der Waals surface area contributed by atoms with Crippen molar-refractivity contribution >= 4 is 68.1 Å². The Morgan fingerprint density at radius 2 is 1.89 bits per heavy atom. The topological polar surface area (TPSA) is 131 Å². The molecular weight excluding hydrogens is 647 g/mol. The molecular formula is C24H22BrIN4O6. The number of nitrogens with one attached hydrogen (secondary N) is 3. The number of amides is 3. The molecule has 0 saturated carbocycles. The summed E-state index contributed by atoms with van der Waals surface area (Å²) in [5.41, 5.74) is 3.41. The van der Waals surface area contributed by atoms with Crippen LogP contribution in [0.15, 0.2) is 68.8 Å². The van der Waals surface area contributed by atoms with Crippen molar-refractivity contribution in [2.24, 2.45) is 5.10 Å². The second kappa shape index (κ2) is 13.6. The van der Waals surface area contributed by atoms with Gasteiger partial charge in [0.05, 0.1) is 29.2 Å². The summed E-state index contributed by atoms with van der Waals surface area (Å²) >= 11 is 5.40. The highest BCUT2D eigenvalue weighted by Gasteiger charge is 2.15. The van der Waals surface area contributed by atoms with Crippen molar-refractivity contribution in [3.63, 3.8) is 0 Å². The molecule has 1 aromatic heterocycles. The molecule has 0 unspecified atom stereocenters. The number of rotatable bonds is 10. The Kier molecular flexibility index (Phi) is 10.3. The Labute approximate surface area is 229 Å². The number of benzene rings is 2. The monoisotopic (exact) mass is 668 g/mol. The summed E-state index contributed by atoms with van der Waals surface area (Å²) in [6.45, 7) is 2.05. The maximum atomic E-state index is 12.3. The van der Waals surface area contributed by atoms with Crippen LogP contribution in [0, 0.1) is 3.57 Å².